The Morgan fingerprint density at radius 3 is 2.29 bits per heavy atom. The first-order valence-corrected chi connectivity index (χ1v) is 10.3. The second-order valence-corrected chi connectivity index (χ2v) is 8.15. The van der Waals surface area contributed by atoms with Crippen molar-refractivity contribution in [1.82, 2.24) is 9.71 Å². The van der Waals surface area contributed by atoms with Gasteiger partial charge >= 0.3 is 0 Å². The van der Waals surface area contributed by atoms with E-state index in [1.807, 2.05) is 54.7 Å². The molecule has 6 heteroatoms. The Balaban J connectivity index is 1.84. The highest BCUT2D eigenvalue weighted by molar-refractivity contribution is 7.89. The topological polar surface area (TPSA) is 71.2 Å². The molecule has 0 bridgehead atoms. The van der Waals surface area contributed by atoms with Crippen LogP contribution in [0.15, 0.2) is 90.0 Å². The second kappa shape index (κ2) is 7.50. The third-order valence-electron chi connectivity index (χ3n) is 4.69. The molecular weight excluding hydrogens is 372 g/mol. The van der Waals surface area contributed by atoms with Gasteiger partial charge in [-0.3, -0.25) is 0 Å². The summed E-state index contributed by atoms with van der Waals surface area (Å²) >= 11 is 0. The first-order valence-electron chi connectivity index (χ1n) is 8.86. The van der Waals surface area contributed by atoms with Gasteiger partial charge in [0, 0.05) is 17.1 Å². The average Bonchev–Trinajstić information content (AvgIpc) is 3.16. The third kappa shape index (κ3) is 3.52. The van der Waals surface area contributed by atoms with E-state index in [9.17, 15) is 8.42 Å². The molecule has 0 spiro atoms. The van der Waals surface area contributed by atoms with E-state index in [2.05, 4.69) is 9.71 Å². The molecule has 0 amide bonds. The van der Waals surface area contributed by atoms with Crippen LogP contribution in [0.2, 0.25) is 0 Å². The van der Waals surface area contributed by atoms with Crippen LogP contribution in [-0.2, 0) is 10.0 Å². The van der Waals surface area contributed by atoms with Crippen LogP contribution in [0.1, 0.15) is 17.2 Å². The largest absolute Gasteiger partial charge is 0.497 e. The predicted octanol–water partition coefficient (Wildman–Crippen LogP) is 4.24. The number of ether oxygens (including phenoxy) is 1. The maximum atomic E-state index is 13.0. The lowest BCUT2D eigenvalue weighted by Gasteiger charge is -2.19. The summed E-state index contributed by atoms with van der Waals surface area (Å²) in [7, 11) is -2.10. The molecule has 1 heterocycles. The van der Waals surface area contributed by atoms with Gasteiger partial charge < -0.3 is 9.72 Å². The zero-order chi connectivity index (χ0) is 19.6. The van der Waals surface area contributed by atoms with Gasteiger partial charge in [0.2, 0.25) is 10.0 Å². The fourth-order valence-corrected chi connectivity index (χ4v) is 4.49. The number of rotatable bonds is 6. The molecule has 0 radical (unpaired) electrons. The monoisotopic (exact) mass is 392 g/mol. The SMILES string of the molecule is COc1ccc2[nH]cc([C@H](NS(=O)(=O)c3ccccc3)c3ccccc3)c2c1. The van der Waals surface area contributed by atoms with Crippen LogP contribution in [0.5, 0.6) is 5.75 Å². The first kappa shape index (κ1) is 18.3. The number of benzene rings is 3. The lowest BCUT2D eigenvalue weighted by molar-refractivity contribution is 0.415. The standard InChI is InChI=1S/C22H20N2O3S/c1-27-17-12-13-21-19(14-17)20(15-23-21)22(16-8-4-2-5-9-16)24-28(25,26)18-10-6-3-7-11-18/h2-15,22-24H,1H3/t22-/m1/s1. The lowest BCUT2D eigenvalue weighted by Crippen LogP contribution is -2.29. The average molecular weight is 392 g/mol. The zero-order valence-corrected chi connectivity index (χ0v) is 16.1. The molecule has 0 aliphatic heterocycles. The molecule has 4 aromatic rings. The van der Waals surface area contributed by atoms with E-state index >= 15 is 0 Å². The smallest absolute Gasteiger partial charge is 0.241 e. The van der Waals surface area contributed by atoms with Gasteiger partial charge in [0.05, 0.1) is 18.0 Å². The Labute approximate surface area is 164 Å². The molecule has 0 unspecified atom stereocenters. The Morgan fingerprint density at radius 2 is 1.61 bits per heavy atom. The minimum Gasteiger partial charge on any atom is -0.497 e. The number of fused-ring (bicyclic) bond motifs is 1. The van der Waals surface area contributed by atoms with Crippen molar-refractivity contribution in [2.24, 2.45) is 0 Å². The molecule has 0 aliphatic rings. The summed E-state index contributed by atoms with van der Waals surface area (Å²) in [6, 6.07) is 23.1. The van der Waals surface area contributed by atoms with Crippen molar-refractivity contribution < 1.29 is 13.2 Å². The highest BCUT2D eigenvalue weighted by Gasteiger charge is 2.25. The summed E-state index contributed by atoms with van der Waals surface area (Å²) < 4.78 is 34.3. The summed E-state index contributed by atoms with van der Waals surface area (Å²) in [5.41, 5.74) is 2.60. The van der Waals surface area contributed by atoms with Crippen LogP contribution in [0, 0.1) is 0 Å². The van der Waals surface area contributed by atoms with Crippen molar-refractivity contribution in [1.29, 1.82) is 0 Å². The maximum Gasteiger partial charge on any atom is 0.241 e. The highest BCUT2D eigenvalue weighted by atomic mass is 32.2. The highest BCUT2D eigenvalue weighted by Crippen LogP contribution is 2.32. The number of sulfonamides is 1. The van der Waals surface area contributed by atoms with Crippen molar-refractivity contribution in [2.45, 2.75) is 10.9 Å². The van der Waals surface area contributed by atoms with Gasteiger partial charge in [0.15, 0.2) is 0 Å². The van der Waals surface area contributed by atoms with Gasteiger partial charge in [-0.15, -0.1) is 0 Å². The molecule has 5 nitrogen and oxygen atoms in total. The van der Waals surface area contributed by atoms with Crippen molar-refractivity contribution in [2.75, 3.05) is 7.11 Å². The maximum absolute atomic E-state index is 13.0. The summed E-state index contributed by atoms with van der Waals surface area (Å²) in [6.45, 7) is 0. The van der Waals surface area contributed by atoms with E-state index in [1.54, 1.807) is 37.4 Å². The van der Waals surface area contributed by atoms with Crippen molar-refractivity contribution in [3.63, 3.8) is 0 Å². The fourth-order valence-electron chi connectivity index (χ4n) is 3.27. The fraction of sp³-hybridized carbons (Fsp3) is 0.0909. The van der Waals surface area contributed by atoms with Crippen LogP contribution < -0.4 is 9.46 Å². The first-order chi connectivity index (χ1) is 13.6. The third-order valence-corrected chi connectivity index (χ3v) is 6.13. The number of hydrogen-bond donors (Lipinski definition) is 2. The van der Waals surface area contributed by atoms with E-state index in [4.69, 9.17) is 4.74 Å². The van der Waals surface area contributed by atoms with E-state index in [1.165, 1.54) is 0 Å². The van der Waals surface area contributed by atoms with E-state index in [0.29, 0.717) is 5.75 Å². The quantitative estimate of drug-likeness (QED) is 0.515. The van der Waals surface area contributed by atoms with Gasteiger partial charge in [-0.05, 0) is 41.5 Å². The Hall–Kier alpha value is -3.09. The normalized spacial score (nSPS) is 12.8. The van der Waals surface area contributed by atoms with E-state index < -0.39 is 16.1 Å². The molecule has 28 heavy (non-hydrogen) atoms. The molecule has 1 atom stereocenters. The van der Waals surface area contributed by atoms with Crippen LogP contribution in [0.25, 0.3) is 10.9 Å². The Morgan fingerprint density at radius 1 is 0.929 bits per heavy atom. The minimum atomic E-state index is -3.71. The van der Waals surface area contributed by atoms with Crippen LogP contribution in [0.4, 0.5) is 0 Å². The summed E-state index contributed by atoms with van der Waals surface area (Å²) in [5, 5.41) is 0.906. The van der Waals surface area contributed by atoms with Gasteiger partial charge in [0.25, 0.3) is 0 Å². The van der Waals surface area contributed by atoms with Crippen LogP contribution in [-0.4, -0.2) is 20.5 Å². The molecular formula is C22H20N2O3S. The molecule has 0 fully saturated rings. The summed E-state index contributed by atoms with van der Waals surface area (Å²) in [6.07, 6.45) is 1.84. The van der Waals surface area contributed by atoms with Gasteiger partial charge in [-0.2, -0.15) is 4.72 Å². The number of aromatic nitrogens is 1. The molecule has 142 valence electrons. The molecule has 3 aromatic carbocycles. The molecule has 1 aromatic heterocycles. The molecule has 0 saturated carbocycles. The number of methoxy groups -OCH3 is 1. The Bertz CT molecular complexity index is 1190. The Kier molecular flexibility index (Phi) is 4.90. The lowest BCUT2D eigenvalue weighted by atomic mass is 9.99. The van der Waals surface area contributed by atoms with E-state index in [0.717, 1.165) is 22.0 Å². The second-order valence-electron chi connectivity index (χ2n) is 6.43. The van der Waals surface area contributed by atoms with Crippen molar-refractivity contribution in [3.8, 4) is 5.75 Å². The summed E-state index contributed by atoms with van der Waals surface area (Å²) in [5.74, 6) is 0.714. The molecule has 0 saturated heterocycles. The number of nitrogens with one attached hydrogen (secondary N) is 2. The van der Waals surface area contributed by atoms with Crippen molar-refractivity contribution in [3.05, 3.63) is 96.2 Å². The van der Waals surface area contributed by atoms with Gasteiger partial charge in [-0.1, -0.05) is 48.5 Å². The summed E-state index contributed by atoms with van der Waals surface area (Å²) in [4.78, 5) is 3.45. The molecule has 4 rings (SSSR count). The minimum absolute atomic E-state index is 0.230. The number of aromatic amines is 1. The van der Waals surface area contributed by atoms with Gasteiger partial charge in [0.1, 0.15) is 5.75 Å². The van der Waals surface area contributed by atoms with Gasteiger partial charge in [-0.25, -0.2) is 8.42 Å². The van der Waals surface area contributed by atoms with Crippen LogP contribution >= 0.6 is 0 Å². The predicted molar refractivity (Wildman–Crippen MR) is 110 cm³/mol. The number of hydrogen-bond acceptors (Lipinski definition) is 3. The van der Waals surface area contributed by atoms with Crippen LogP contribution in [0.3, 0.4) is 0 Å². The van der Waals surface area contributed by atoms with E-state index in [-0.39, 0.29) is 4.90 Å². The van der Waals surface area contributed by atoms with Crippen molar-refractivity contribution >= 4 is 20.9 Å². The zero-order valence-electron chi connectivity index (χ0n) is 15.3. The molecule has 0 aliphatic carbocycles. The number of H-pyrrole nitrogens is 1. The molecule has 2 N–H and O–H groups in total.